The first-order valence-corrected chi connectivity index (χ1v) is 6.03. The van der Waals surface area contributed by atoms with E-state index in [1.807, 2.05) is 0 Å². The van der Waals surface area contributed by atoms with Crippen molar-refractivity contribution in [1.29, 1.82) is 0 Å². The van der Waals surface area contributed by atoms with E-state index in [0.29, 0.717) is 0 Å². The minimum Gasteiger partial charge on any atom is -0.426 e. The first-order valence-electron chi connectivity index (χ1n) is 6.03. The Hall–Kier alpha value is -2.58. The van der Waals surface area contributed by atoms with Crippen LogP contribution in [0.5, 0.6) is 5.75 Å². The SMILES string of the molecule is Cn1cc(C(=O)Nc2ccccc2OC(F)(F)C(F)F)cn1. The van der Waals surface area contributed by atoms with Crippen LogP contribution in [0.25, 0.3) is 0 Å². The molecule has 1 aromatic heterocycles. The molecule has 5 nitrogen and oxygen atoms in total. The number of hydrogen-bond acceptors (Lipinski definition) is 3. The van der Waals surface area contributed by atoms with Gasteiger partial charge in [-0.15, -0.1) is 0 Å². The molecule has 0 aliphatic rings. The molecule has 1 aromatic carbocycles. The summed E-state index contributed by atoms with van der Waals surface area (Å²) in [4.78, 5) is 11.9. The Morgan fingerprint density at radius 3 is 2.64 bits per heavy atom. The zero-order chi connectivity index (χ0) is 16.3. The summed E-state index contributed by atoms with van der Waals surface area (Å²) in [6.45, 7) is 0. The molecule has 1 N–H and O–H groups in total. The smallest absolute Gasteiger partial charge is 0.426 e. The molecule has 1 heterocycles. The van der Waals surface area contributed by atoms with E-state index in [1.54, 1.807) is 7.05 Å². The van der Waals surface area contributed by atoms with Crippen molar-refractivity contribution >= 4 is 11.6 Å². The topological polar surface area (TPSA) is 56.2 Å². The monoisotopic (exact) mass is 317 g/mol. The fraction of sp³-hybridized carbons (Fsp3) is 0.231. The van der Waals surface area contributed by atoms with Crippen molar-refractivity contribution in [2.45, 2.75) is 12.5 Å². The van der Waals surface area contributed by atoms with Crippen molar-refractivity contribution < 1.29 is 27.1 Å². The van der Waals surface area contributed by atoms with Gasteiger partial charge in [0.15, 0.2) is 0 Å². The van der Waals surface area contributed by atoms with E-state index in [-0.39, 0.29) is 11.3 Å². The number of rotatable bonds is 5. The van der Waals surface area contributed by atoms with E-state index in [9.17, 15) is 22.4 Å². The minimum absolute atomic E-state index is 0.156. The number of ether oxygens (including phenoxy) is 1. The van der Waals surface area contributed by atoms with Crippen LogP contribution in [0.3, 0.4) is 0 Å². The number of aryl methyl sites for hydroxylation is 1. The summed E-state index contributed by atoms with van der Waals surface area (Å²) in [5, 5.41) is 6.10. The number of aromatic nitrogens is 2. The fourth-order valence-electron chi connectivity index (χ4n) is 1.58. The van der Waals surface area contributed by atoms with E-state index in [1.165, 1.54) is 35.3 Å². The van der Waals surface area contributed by atoms with Gasteiger partial charge in [0, 0.05) is 13.2 Å². The van der Waals surface area contributed by atoms with Gasteiger partial charge < -0.3 is 10.1 Å². The standard InChI is InChI=1S/C13H11F4N3O2/c1-20-7-8(6-18-20)11(21)19-9-4-2-3-5-10(9)22-13(16,17)12(14)15/h2-7,12H,1H3,(H,19,21). The lowest BCUT2D eigenvalue weighted by molar-refractivity contribution is -0.252. The molecule has 0 atom stereocenters. The average molecular weight is 317 g/mol. The predicted octanol–water partition coefficient (Wildman–Crippen LogP) is 2.91. The van der Waals surface area contributed by atoms with Crippen LogP contribution in [0.15, 0.2) is 36.7 Å². The normalized spacial score (nSPS) is 11.5. The number of para-hydroxylation sites is 2. The molecule has 2 aromatic rings. The van der Waals surface area contributed by atoms with Crippen molar-refractivity contribution in [3.05, 3.63) is 42.2 Å². The maximum Gasteiger partial charge on any atom is 0.461 e. The van der Waals surface area contributed by atoms with Gasteiger partial charge >= 0.3 is 12.5 Å². The van der Waals surface area contributed by atoms with Crippen molar-refractivity contribution in [3.63, 3.8) is 0 Å². The van der Waals surface area contributed by atoms with E-state index < -0.39 is 24.2 Å². The third-order valence-electron chi connectivity index (χ3n) is 2.60. The highest BCUT2D eigenvalue weighted by Crippen LogP contribution is 2.32. The summed E-state index contributed by atoms with van der Waals surface area (Å²) in [6, 6.07) is 5.06. The Labute approximate surface area is 122 Å². The van der Waals surface area contributed by atoms with Crippen LogP contribution in [0.4, 0.5) is 23.2 Å². The van der Waals surface area contributed by atoms with Gasteiger partial charge in [-0.05, 0) is 12.1 Å². The average Bonchev–Trinajstić information content (AvgIpc) is 2.87. The molecule has 0 aliphatic heterocycles. The largest absolute Gasteiger partial charge is 0.461 e. The highest BCUT2D eigenvalue weighted by molar-refractivity contribution is 6.04. The number of alkyl halides is 4. The first kappa shape index (κ1) is 15.8. The van der Waals surface area contributed by atoms with Crippen LogP contribution >= 0.6 is 0 Å². The van der Waals surface area contributed by atoms with Gasteiger partial charge in [-0.25, -0.2) is 0 Å². The van der Waals surface area contributed by atoms with Crippen molar-refractivity contribution in [1.82, 2.24) is 9.78 Å². The quantitative estimate of drug-likeness (QED) is 0.863. The number of nitrogens with zero attached hydrogens (tertiary/aromatic N) is 2. The molecule has 0 saturated heterocycles. The van der Waals surface area contributed by atoms with Crippen LogP contribution in [0.2, 0.25) is 0 Å². The molecule has 0 radical (unpaired) electrons. The van der Waals surface area contributed by atoms with E-state index >= 15 is 0 Å². The highest BCUT2D eigenvalue weighted by atomic mass is 19.3. The number of halogens is 4. The zero-order valence-electron chi connectivity index (χ0n) is 11.3. The molecular weight excluding hydrogens is 306 g/mol. The van der Waals surface area contributed by atoms with Crippen LogP contribution in [0, 0.1) is 0 Å². The van der Waals surface area contributed by atoms with Gasteiger partial charge in [0.05, 0.1) is 17.4 Å². The first-order chi connectivity index (χ1) is 10.3. The lowest BCUT2D eigenvalue weighted by Gasteiger charge is -2.19. The second-order valence-corrected chi connectivity index (χ2v) is 4.32. The van der Waals surface area contributed by atoms with Crippen molar-refractivity contribution in [2.75, 3.05) is 5.32 Å². The highest BCUT2D eigenvalue weighted by Gasteiger charge is 2.44. The molecule has 1 amide bonds. The Bertz CT molecular complexity index is 673. The number of carbonyl (C=O) groups is 1. The zero-order valence-corrected chi connectivity index (χ0v) is 11.3. The Balaban J connectivity index is 2.20. The van der Waals surface area contributed by atoms with Crippen LogP contribution in [0.1, 0.15) is 10.4 Å². The molecule has 0 fully saturated rings. The number of anilines is 1. The second-order valence-electron chi connectivity index (χ2n) is 4.32. The summed E-state index contributed by atoms with van der Waals surface area (Å²) >= 11 is 0. The van der Waals surface area contributed by atoms with Gasteiger partial charge in [-0.2, -0.15) is 22.7 Å². The van der Waals surface area contributed by atoms with Gasteiger partial charge in [0.2, 0.25) is 0 Å². The van der Waals surface area contributed by atoms with Crippen molar-refractivity contribution in [2.24, 2.45) is 7.05 Å². The van der Waals surface area contributed by atoms with Gasteiger partial charge in [0.1, 0.15) is 5.75 Å². The van der Waals surface area contributed by atoms with Gasteiger partial charge in [-0.1, -0.05) is 12.1 Å². The summed E-state index contributed by atoms with van der Waals surface area (Å²) < 4.78 is 55.7. The number of benzene rings is 1. The molecule has 22 heavy (non-hydrogen) atoms. The Kier molecular flexibility index (Phi) is 4.34. The number of amides is 1. The molecule has 2 rings (SSSR count). The third-order valence-corrected chi connectivity index (χ3v) is 2.60. The maximum absolute atomic E-state index is 13.0. The third kappa shape index (κ3) is 3.54. The lowest BCUT2D eigenvalue weighted by atomic mass is 10.2. The van der Waals surface area contributed by atoms with E-state index in [0.717, 1.165) is 6.07 Å². The Morgan fingerprint density at radius 2 is 2.05 bits per heavy atom. The maximum atomic E-state index is 13.0. The van der Waals surface area contributed by atoms with Crippen LogP contribution < -0.4 is 10.1 Å². The van der Waals surface area contributed by atoms with E-state index in [4.69, 9.17) is 0 Å². The van der Waals surface area contributed by atoms with Crippen LogP contribution in [-0.4, -0.2) is 28.2 Å². The molecule has 0 aliphatic carbocycles. The molecule has 0 spiro atoms. The fourth-order valence-corrected chi connectivity index (χ4v) is 1.58. The molecule has 0 unspecified atom stereocenters. The summed E-state index contributed by atoms with van der Waals surface area (Å²) in [7, 11) is 1.59. The van der Waals surface area contributed by atoms with Gasteiger partial charge in [0.25, 0.3) is 5.91 Å². The predicted molar refractivity (Wildman–Crippen MR) is 69.2 cm³/mol. The molecule has 0 bridgehead atoms. The molecule has 118 valence electrons. The summed E-state index contributed by atoms with van der Waals surface area (Å²) in [6.07, 6.45) is -5.97. The number of nitrogens with one attached hydrogen (secondary N) is 1. The number of hydrogen-bond donors (Lipinski definition) is 1. The van der Waals surface area contributed by atoms with E-state index in [2.05, 4.69) is 15.2 Å². The van der Waals surface area contributed by atoms with Crippen LogP contribution in [-0.2, 0) is 7.05 Å². The lowest BCUT2D eigenvalue weighted by Crippen LogP contribution is -2.33. The van der Waals surface area contributed by atoms with Gasteiger partial charge in [-0.3, -0.25) is 9.48 Å². The number of carbonyl (C=O) groups excluding carboxylic acids is 1. The molecular formula is C13H11F4N3O2. The summed E-state index contributed by atoms with van der Waals surface area (Å²) in [5.41, 5.74) is 0.0228. The second kappa shape index (κ2) is 6.04. The molecule has 9 heteroatoms. The Morgan fingerprint density at radius 1 is 1.36 bits per heavy atom. The minimum atomic E-state index is -4.66. The van der Waals surface area contributed by atoms with Crippen molar-refractivity contribution in [3.8, 4) is 5.75 Å². The molecule has 0 saturated carbocycles. The summed E-state index contributed by atoms with van der Waals surface area (Å²) in [5.74, 6) is -1.20.